The molecule has 30 heavy (non-hydrogen) atoms. The lowest BCUT2D eigenvalue weighted by Crippen LogP contribution is -2.51. The standard InChI is InChI=1S/C17H18Cl3N5O4S/c18-13-2-1-12(7-14(13)19)15(9-24(27)11-26)30(28,29)25-5-3-23(4-6-25)17-8-16(20)21-10-22-17/h1-2,7-8,10-11,15,27H,3-6,9H2. The Labute approximate surface area is 188 Å². The highest BCUT2D eigenvalue weighted by atomic mass is 35.5. The normalized spacial score (nSPS) is 16.3. The molecule has 0 bridgehead atoms. The highest BCUT2D eigenvalue weighted by Gasteiger charge is 2.37. The van der Waals surface area contributed by atoms with Gasteiger partial charge in [0.1, 0.15) is 22.5 Å². The molecule has 3 rings (SSSR count). The molecule has 1 aliphatic heterocycles. The Morgan fingerprint density at radius 3 is 2.40 bits per heavy atom. The van der Waals surface area contributed by atoms with Crippen LogP contribution in [0.5, 0.6) is 0 Å². The SMILES string of the molecule is O=CN(O)CC(c1ccc(Cl)c(Cl)c1)S(=O)(=O)N1CCN(c2cc(Cl)ncn2)CC1. The zero-order chi connectivity index (χ0) is 21.9. The van der Waals surface area contributed by atoms with Crippen LogP contribution < -0.4 is 4.90 Å². The van der Waals surface area contributed by atoms with Crippen LogP contribution in [-0.4, -0.2) is 72.1 Å². The van der Waals surface area contributed by atoms with Gasteiger partial charge in [-0.3, -0.25) is 10.0 Å². The van der Waals surface area contributed by atoms with Crippen LogP contribution in [0.3, 0.4) is 0 Å². The van der Waals surface area contributed by atoms with E-state index < -0.39 is 21.8 Å². The van der Waals surface area contributed by atoms with Crippen LogP contribution in [0.4, 0.5) is 5.82 Å². The van der Waals surface area contributed by atoms with Crippen LogP contribution in [0.15, 0.2) is 30.6 Å². The Morgan fingerprint density at radius 1 is 1.10 bits per heavy atom. The quantitative estimate of drug-likeness (QED) is 0.273. The smallest absolute Gasteiger partial charge is 0.233 e. The van der Waals surface area contributed by atoms with Crippen molar-refractivity contribution >= 4 is 57.1 Å². The van der Waals surface area contributed by atoms with Crippen molar-refractivity contribution in [2.75, 3.05) is 37.6 Å². The minimum Gasteiger partial charge on any atom is -0.354 e. The van der Waals surface area contributed by atoms with Gasteiger partial charge in [-0.2, -0.15) is 4.31 Å². The first-order valence-electron chi connectivity index (χ1n) is 8.79. The first-order valence-corrected chi connectivity index (χ1v) is 11.4. The Kier molecular flexibility index (Phi) is 7.38. The molecular weight excluding hydrogens is 477 g/mol. The molecule has 1 atom stereocenters. The van der Waals surface area contributed by atoms with Crippen molar-refractivity contribution in [1.29, 1.82) is 0 Å². The van der Waals surface area contributed by atoms with Crippen molar-refractivity contribution in [3.8, 4) is 0 Å². The number of rotatable bonds is 7. The number of halogens is 3. The predicted octanol–water partition coefficient (Wildman–Crippen LogP) is 2.48. The third kappa shape index (κ3) is 5.13. The zero-order valence-corrected chi connectivity index (χ0v) is 18.6. The summed E-state index contributed by atoms with van der Waals surface area (Å²) in [5.41, 5.74) is 0.315. The summed E-state index contributed by atoms with van der Waals surface area (Å²) in [6.07, 6.45) is 1.49. The lowest BCUT2D eigenvalue weighted by Gasteiger charge is -2.36. The Balaban J connectivity index is 1.82. The number of carbonyl (C=O) groups excluding carboxylic acids is 1. The fourth-order valence-corrected chi connectivity index (χ4v) is 5.46. The van der Waals surface area contributed by atoms with Gasteiger partial charge >= 0.3 is 0 Å². The van der Waals surface area contributed by atoms with Gasteiger partial charge in [0.05, 0.1) is 16.6 Å². The number of sulfonamides is 1. The molecule has 1 aliphatic rings. The fourth-order valence-electron chi connectivity index (χ4n) is 3.15. The van der Waals surface area contributed by atoms with Gasteiger partial charge in [0.15, 0.2) is 0 Å². The predicted molar refractivity (Wildman–Crippen MR) is 114 cm³/mol. The Bertz CT molecular complexity index is 1020. The minimum atomic E-state index is -3.94. The van der Waals surface area contributed by atoms with Crippen LogP contribution in [0, 0.1) is 0 Å². The number of benzene rings is 1. The van der Waals surface area contributed by atoms with Crippen LogP contribution >= 0.6 is 34.8 Å². The summed E-state index contributed by atoms with van der Waals surface area (Å²) in [7, 11) is -3.94. The molecule has 13 heteroatoms. The van der Waals surface area contributed by atoms with Gasteiger partial charge in [0.25, 0.3) is 0 Å². The van der Waals surface area contributed by atoms with Crippen molar-refractivity contribution in [2.45, 2.75) is 5.25 Å². The van der Waals surface area contributed by atoms with E-state index in [2.05, 4.69) is 9.97 Å². The molecule has 2 heterocycles. The summed E-state index contributed by atoms with van der Waals surface area (Å²) in [4.78, 5) is 20.8. The van der Waals surface area contributed by atoms with Gasteiger partial charge in [-0.05, 0) is 17.7 Å². The van der Waals surface area contributed by atoms with E-state index in [-0.39, 0.29) is 29.5 Å². The first kappa shape index (κ1) is 23.0. The molecule has 0 spiro atoms. The Hall–Kier alpha value is -1.69. The second kappa shape index (κ2) is 9.63. The van der Waals surface area contributed by atoms with Crippen molar-refractivity contribution in [3.05, 3.63) is 51.4 Å². The highest BCUT2D eigenvalue weighted by Crippen LogP contribution is 2.32. The van der Waals surface area contributed by atoms with Crippen LogP contribution in [0.1, 0.15) is 10.8 Å². The molecule has 1 aromatic carbocycles. The fraction of sp³-hybridized carbons (Fsp3) is 0.353. The first-order chi connectivity index (χ1) is 14.2. The second-order valence-electron chi connectivity index (χ2n) is 6.52. The molecular formula is C17H18Cl3N5O4S. The van der Waals surface area contributed by atoms with Crippen LogP contribution in [0.25, 0.3) is 0 Å². The van der Waals surface area contributed by atoms with Gasteiger partial charge in [-0.25, -0.2) is 23.4 Å². The van der Waals surface area contributed by atoms with Crippen molar-refractivity contribution in [3.63, 3.8) is 0 Å². The zero-order valence-electron chi connectivity index (χ0n) is 15.5. The number of carbonyl (C=O) groups is 1. The number of hydrogen-bond donors (Lipinski definition) is 1. The average molecular weight is 495 g/mol. The van der Waals surface area contributed by atoms with E-state index in [9.17, 15) is 18.4 Å². The second-order valence-corrected chi connectivity index (χ2v) is 9.84. The minimum absolute atomic E-state index is 0.150. The third-order valence-electron chi connectivity index (χ3n) is 4.69. The van der Waals surface area contributed by atoms with Crippen LogP contribution in [0.2, 0.25) is 15.2 Å². The molecule has 1 aromatic heterocycles. The third-order valence-corrected chi connectivity index (χ3v) is 7.86. The lowest BCUT2D eigenvalue weighted by atomic mass is 10.1. The van der Waals surface area contributed by atoms with Gasteiger partial charge in [-0.15, -0.1) is 0 Å². The van der Waals surface area contributed by atoms with Crippen molar-refractivity contribution in [2.24, 2.45) is 0 Å². The summed E-state index contributed by atoms with van der Waals surface area (Å²) in [6, 6.07) is 6.01. The highest BCUT2D eigenvalue weighted by molar-refractivity contribution is 7.89. The van der Waals surface area contributed by atoms with Crippen LogP contribution in [-0.2, 0) is 14.8 Å². The summed E-state index contributed by atoms with van der Waals surface area (Å²) >= 11 is 17.9. The molecule has 1 fully saturated rings. The molecule has 1 saturated heterocycles. The molecule has 1 unspecified atom stereocenters. The number of amides is 1. The maximum atomic E-state index is 13.4. The Morgan fingerprint density at radius 2 is 1.80 bits per heavy atom. The van der Waals surface area contributed by atoms with E-state index in [1.165, 1.54) is 28.8 Å². The lowest BCUT2D eigenvalue weighted by molar-refractivity contribution is -0.149. The molecule has 162 valence electrons. The van der Waals surface area contributed by atoms with E-state index >= 15 is 0 Å². The number of nitrogens with zero attached hydrogens (tertiary/aromatic N) is 5. The van der Waals surface area contributed by atoms with Gasteiger partial charge in [0, 0.05) is 32.2 Å². The van der Waals surface area contributed by atoms with E-state index in [1.807, 2.05) is 4.90 Å². The average Bonchev–Trinajstić information content (AvgIpc) is 2.74. The molecule has 0 radical (unpaired) electrons. The van der Waals surface area contributed by atoms with E-state index in [1.54, 1.807) is 6.07 Å². The number of hydroxylamine groups is 2. The number of aromatic nitrogens is 2. The largest absolute Gasteiger partial charge is 0.354 e. The summed E-state index contributed by atoms with van der Waals surface area (Å²) in [5.74, 6) is 0.607. The number of hydrogen-bond acceptors (Lipinski definition) is 7. The summed E-state index contributed by atoms with van der Waals surface area (Å²) < 4.78 is 28.0. The monoisotopic (exact) mass is 493 g/mol. The molecule has 1 N–H and O–H groups in total. The molecule has 9 nitrogen and oxygen atoms in total. The number of piperazine rings is 1. The van der Waals surface area contributed by atoms with Gasteiger partial charge < -0.3 is 4.90 Å². The number of anilines is 1. The van der Waals surface area contributed by atoms with E-state index in [0.29, 0.717) is 34.7 Å². The summed E-state index contributed by atoms with van der Waals surface area (Å²) in [5, 5.41) is 9.50. The maximum Gasteiger partial charge on any atom is 0.233 e. The van der Waals surface area contributed by atoms with Crippen molar-refractivity contribution < 1.29 is 18.4 Å². The van der Waals surface area contributed by atoms with E-state index in [0.717, 1.165) is 0 Å². The molecule has 0 aliphatic carbocycles. The van der Waals surface area contributed by atoms with E-state index in [4.69, 9.17) is 34.8 Å². The van der Waals surface area contributed by atoms with Crippen molar-refractivity contribution in [1.82, 2.24) is 19.3 Å². The maximum absolute atomic E-state index is 13.4. The molecule has 2 aromatic rings. The topological polar surface area (TPSA) is 107 Å². The van der Waals surface area contributed by atoms with Gasteiger partial charge in [0.2, 0.25) is 16.4 Å². The summed E-state index contributed by atoms with van der Waals surface area (Å²) in [6.45, 7) is 0.697. The molecule has 0 saturated carbocycles. The van der Waals surface area contributed by atoms with Gasteiger partial charge in [-0.1, -0.05) is 40.9 Å². The molecule has 1 amide bonds.